The lowest BCUT2D eigenvalue weighted by molar-refractivity contribution is -0.479. The van der Waals surface area contributed by atoms with Crippen molar-refractivity contribution in [1.29, 1.82) is 0 Å². The number of hydrogen-bond acceptors (Lipinski definition) is 3. The van der Waals surface area contributed by atoms with Gasteiger partial charge in [0.25, 0.3) is 0 Å². The zero-order chi connectivity index (χ0) is 3.58. The molecular formula is BNO3. The van der Waals surface area contributed by atoms with Crippen molar-refractivity contribution >= 4 is 7.32 Å². The van der Waals surface area contributed by atoms with Gasteiger partial charge in [0.05, 0.1) is 0 Å². The Hall–Kier alpha value is -0.345. The second-order valence-corrected chi connectivity index (χ2v) is 0.289. The zero-order valence-corrected chi connectivity index (χ0v) is 2.25. The van der Waals surface area contributed by atoms with Crippen molar-refractivity contribution in [2.75, 3.05) is 0 Å². The van der Waals surface area contributed by atoms with Gasteiger partial charge in [-0.1, -0.05) is 0 Å². The van der Waals surface area contributed by atoms with Gasteiger partial charge in [0.15, 0.2) is 0 Å². The van der Waals surface area contributed by atoms with Gasteiger partial charge >= 0.3 is 6.15 Å². The van der Waals surface area contributed by atoms with E-state index in [1.807, 2.05) is 0 Å². The van der Waals surface area contributed by atoms with Crippen LogP contribution in [0, 0.1) is 0 Å². The van der Waals surface area contributed by atoms with Gasteiger partial charge < -0.3 is 15.1 Å². The Kier molecular flexibility index (Phi) is 6.45. The minimum absolute atomic E-state index is 0. The summed E-state index contributed by atoms with van der Waals surface area (Å²) in [5.41, 5.74) is 0. The Labute approximate surface area is 29.8 Å². The molecule has 0 saturated carbocycles. The third-order valence-electron chi connectivity index (χ3n) is 0. The highest BCUT2D eigenvalue weighted by Gasteiger charge is 3.00. The summed E-state index contributed by atoms with van der Waals surface area (Å²) in [4.78, 5) is 0. The van der Waals surface area contributed by atoms with Crippen molar-refractivity contribution in [3.8, 4) is 0 Å². The maximum absolute atomic E-state index is 8.42. The van der Waals surface area contributed by atoms with Gasteiger partial charge in [-0.15, -0.1) is 0 Å². The first-order valence-corrected chi connectivity index (χ1v) is 0.707. The van der Waals surface area contributed by atoms with Crippen LogP contribution in [0.4, 0.5) is 0 Å². The SMILES string of the molecule is [N+3].[O-]B([O-])[O-]. The lowest BCUT2D eigenvalue weighted by atomic mass is 10.3. The first-order chi connectivity index (χ1) is 1.73. The van der Waals surface area contributed by atoms with Crippen molar-refractivity contribution in [3.63, 3.8) is 0 Å². The van der Waals surface area contributed by atoms with E-state index in [4.69, 9.17) is 15.1 Å². The van der Waals surface area contributed by atoms with Gasteiger partial charge in [-0.3, -0.25) is 7.32 Å². The molecule has 4 nitrogen and oxygen atoms in total. The van der Waals surface area contributed by atoms with Gasteiger partial charge in [-0.2, -0.15) is 0 Å². The fourth-order valence-corrected chi connectivity index (χ4v) is 0. The molecule has 0 saturated heterocycles. The lowest BCUT2D eigenvalue weighted by Gasteiger charge is -2.35. The van der Waals surface area contributed by atoms with E-state index in [-0.39, 0.29) is 6.15 Å². The molecule has 0 bridgehead atoms. The van der Waals surface area contributed by atoms with E-state index in [0.29, 0.717) is 0 Å². The standard InChI is InChI=1S/BO3.N/c2-1(3)4;/q-3;+3. The van der Waals surface area contributed by atoms with Crippen molar-refractivity contribution in [3.05, 3.63) is 0 Å². The average molecular weight is 72.8 g/mol. The third-order valence-corrected chi connectivity index (χ3v) is 0. The van der Waals surface area contributed by atoms with E-state index in [1.165, 1.54) is 0 Å². The van der Waals surface area contributed by atoms with Crippen LogP contribution >= 0.6 is 0 Å². The van der Waals surface area contributed by atoms with Crippen LogP contribution < -0.4 is 21.2 Å². The number of rotatable bonds is 0. The summed E-state index contributed by atoms with van der Waals surface area (Å²) >= 11 is 0. The van der Waals surface area contributed by atoms with E-state index >= 15 is 0 Å². The normalized spacial score (nSPS) is 5.40. The molecule has 0 aliphatic heterocycles. The Balaban J connectivity index is 0. The molecule has 26 valence electrons. The van der Waals surface area contributed by atoms with Gasteiger partial charge in [0.1, 0.15) is 0 Å². The molecule has 0 aliphatic carbocycles. The molecule has 5 heteroatoms. The van der Waals surface area contributed by atoms with Gasteiger partial charge in [0.2, 0.25) is 0 Å². The molecular weight excluding hydrogens is 72.8 g/mol. The topological polar surface area (TPSA) is 99.7 Å². The van der Waals surface area contributed by atoms with Crippen LogP contribution in [0.3, 0.4) is 0 Å². The van der Waals surface area contributed by atoms with Crippen molar-refractivity contribution in [2.24, 2.45) is 0 Å². The molecule has 0 rings (SSSR count). The zero-order valence-electron chi connectivity index (χ0n) is 2.25. The molecule has 0 atom stereocenters. The summed E-state index contributed by atoms with van der Waals surface area (Å²) in [6, 6.07) is 0. The minimum Gasteiger partial charge on any atom is -0.907 e. The van der Waals surface area contributed by atoms with Crippen LogP contribution in [0.1, 0.15) is 0 Å². The quantitative estimate of drug-likeness (QED) is 0.270. The highest BCUT2D eigenvalue weighted by Crippen LogP contribution is 0.994. The summed E-state index contributed by atoms with van der Waals surface area (Å²) < 4.78 is 0. The van der Waals surface area contributed by atoms with Gasteiger partial charge in [-0.25, -0.2) is 0 Å². The monoisotopic (exact) mass is 73.0 g/mol. The highest BCUT2D eigenvalue weighted by molar-refractivity contribution is 6.24. The fraction of sp³-hybridized carbons (Fsp3) is 0. The maximum Gasteiger partial charge on any atom is 3.00 e. The first-order valence-electron chi connectivity index (χ1n) is 0.707. The molecule has 0 N–H and O–H groups in total. The largest absolute Gasteiger partial charge is 3.00 e. The van der Waals surface area contributed by atoms with Gasteiger partial charge in [0, 0.05) is 0 Å². The van der Waals surface area contributed by atoms with Gasteiger partial charge in [-0.05, 0) is 0 Å². The number of nitrogens with zero attached hydrogens (tertiary/aromatic N) is 1. The lowest BCUT2D eigenvalue weighted by Crippen LogP contribution is -2.56. The van der Waals surface area contributed by atoms with Crippen molar-refractivity contribution in [2.45, 2.75) is 0 Å². The Morgan fingerprint density at radius 3 is 1.00 bits per heavy atom. The third kappa shape index (κ3) is 84.1. The van der Waals surface area contributed by atoms with Crippen molar-refractivity contribution in [1.82, 2.24) is 6.15 Å². The Morgan fingerprint density at radius 2 is 1.00 bits per heavy atom. The van der Waals surface area contributed by atoms with E-state index in [1.54, 1.807) is 0 Å². The minimum atomic E-state index is -2.92. The molecule has 0 aromatic rings. The van der Waals surface area contributed by atoms with Crippen LogP contribution in [0.5, 0.6) is 0 Å². The molecule has 0 amide bonds. The molecule has 0 heterocycles. The summed E-state index contributed by atoms with van der Waals surface area (Å²) in [5, 5.41) is 25.2. The van der Waals surface area contributed by atoms with Crippen LogP contribution in [-0.4, -0.2) is 7.32 Å². The maximum atomic E-state index is 8.42. The van der Waals surface area contributed by atoms with Crippen molar-refractivity contribution < 1.29 is 15.1 Å². The number of hydrogen-bond donors (Lipinski definition) is 0. The molecule has 0 aliphatic rings. The Morgan fingerprint density at radius 1 is 1.00 bits per heavy atom. The molecule has 0 aromatic heterocycles. The molecule has 5 heavy (non-hydrogen) atoms. The molecule has 0 aromatic carbocycles. The van der Waals surface area contributed by atoms with E-state index in [9.17, 15) is 0 Å². The highest BCUT2D eigenvalue weighted by atomic mass is 16.5. The fourth-order valence-electron chi connectivity index (χ4n) is 0. The predicted molar refractivity (Wildman–Crippen MR) is 7.89 cm³/mol. The summed E-state index contributed by atoms with van der Waals surface area (Å²) in [6.45, 7) is 0. The predicted octanol–water partition coefficient (Wildman–Crippen LogP) is -4.43. The van der Waals surface area contributed by atoms with Crippen LogP contribution in [0.25, 0.3) is 0 Å². The summed E-state index contributed by atoms with van der Waals surface area (Å²) in [5.74, 6) is 0. The molecule has 0 fully saturated rings. The van der Waals surface area contributed by atoms with Crippen LogP contribution in [0.2, 0.25) is 0 Å². The second kappa shape index (κ2) is 3.65. The second-order valence-electron chi connectivity index (χ2n) is 0.289. The average Bonchev–Trinajstić information content (AvgIpc) is 0.811. The van der Waals surface area contributed by atoms with E-state index in [0.717, 1.165) is 0 Å². The Bertz CT molecular complexity index is 11.6. The van der Waals surface area contributed by atoms with E-state index < -0.39 is 7.32 Å². The molecule has 2 radical (unpaired) electrons. The smallest absolute Gasteiger partial charge is 0.907 e. The first kappa shape index (κ1) is 8.82. The van der Waals surface area contributed by atoms with Crippen LogP contribution in [-0.2, 0) is 0 Å². The van der Waals surface area contributed by atoms with Crippen LogP contribution in [0.15, 0.2) is 0 Å². The van der Waals surface area contributed by atoms with E-state index in [2.05, 4.69) is 0 Å². The summed E-state index contributed by atoms with van der Waals surface area (Å²) in [6.07, 6.45) is 0. The summed E-state index contributed by atoms with van der Waals surface area (Å²) in [7, 11) is -2.92. The molecule has 0 unspecified atom stereocenters. The molecule has 0 spiro atoms.